The molecule has 1 aromatic carbocycles. The number of anilines is 1. The predicted octanol–water partition coefficient (Wildman–Crippen LogP) is 1.27. The van der Waals surface area contributed by atoms with E-state index in [0.717, 1.165) is 33.2 Å². The van der Waals surface area contributed by atoms with Crippen LogP contribution in [0, 0.1) is 24.7 Å². The van der Waals surface area contributed by atoms with E-state index >= 15 is 0 Å². The number of thioether (sulfide) groups is 1. The normalized spacial score (nSPS) is 16.7. The maximum Gasteiger partial charge on any atom is 0.315 e. The van der Waals surface area contributed by atoms with E-state index in [1.54, 1.807) is 18.7 Å². The number of terminal acetylenes is 2. The van der Waals surface area contributed by atoms with Crippen LogP contribution in [0.4, 0.5) is 10.5 Å². The highest BCUT2D eigenvalue weighted by atomic mass is 35.5. The third-order valence-corrected chi connectivity index (χ3v) is 12.0. The number of carbonyl (C=O) groups is 7. The number of rotatable bonds is 28. The number of nitrogens with zero attached hydrogens (tertiary/aromatic N) is 4. The molecule has 2 heterocycles. The van der Waals surface area contributed by atoms with Gasteiger partial charge in [-0.1, -0.05) is 37.3 Å². The summed E-state index contributed by atoms with van der Waals surface area (Å²) < 4.78 is 0. The number of benzene rings is 1. The Balaban J connectivity index is 1.66. The Bertz CT molecular complexity index is 1740. The second kappa shape index (κ2) is 27.2. The SMILES string of the molecule is C#CCN(CC(N)=O)C(=O)CN(CCC)C(=O)CN(CC#C)C(=O)C(CNC(=O)CCCc1ccc(N(CCCl)CCCl)cc1)NC(=O)CCCC[C@@H]1SC[C@@H]2NC(=O)NC21. The molecule has 61 heavy (non-hydrogen) atoms. The van der Waals surface area contributed by atoms with Crippen molar-refractivity contribution < 1.29 is 33.6 Å². The lowest BCUT2D eigenvalue weighted by Crippen LogP contribution is -2.56. The fraction of sp³-hybridized carbons (Fsp3) is 0.595. The van der Waals surface area contributed by atoms with Gasteiger partial charge >= 0.3 is 6.03 Å². The number of unbranched alkanes of at least 4 members (excludes halogenated alkanes) is 1. The van der Waals surface area contributed by atoms with Crippen molar-refractivity contribution in [3.8, 4) is 24.7 Å². The monoisotopic (exact) mass is 903 g/mol. The van der Waals surface area contributed by atoms with Gasteiger partial charge in [0.1, 0.15) is 19.1 Å². The van der Waals surface area contributed by atoms with Gasteiger partial charge in [-0.3, -0.25) is 28.8 Å². The molecule has 0 aromatic heterocycles. The molecule has 0 saturated carbocycles. The van der Waals surface area contributed by atoms with Gasteiger partial charge < -0.3 is 46.6 Å². The van der Waals surface area contributed by atoms with Gasteiger partial charge in [-0.2, -0.15) is 11.8 Å². The van der Waals surface area contributed by atoms with Gasteiger partial charge in [0.05, 0.1) is 31.7 Å². The van der Waals surface area contributed by atoms with Crippen molar-refractivity contribution in [3.05, 3.63) is 29.8 Å². The summed E-state index contributed by atoms with van der Waals surface area (Å²) in [6.07, 6.45) is 14.9. The Hall–Kier alpha value is -4.84. The summed E-state index contributed by atoms with van der Waals surface area (Å²) in [4.78, 5) is 96.0. The lowest BCUT2D eigenvalue weighted by Gasteiger charge is -2.30. The summed E-state index contributed by atoms with van der Waals surface area (Å²) in [6, 6.07) is 6.68. The van der Waals surface area contributed by atoms with Crippen molar-refractivity contribution in [1.29, 1.82) is 0 Å². The molecule has 2 aliphatic rings. The van der Waals surface area contributed by atoms with Crippen molar-refractivity contribution in [2.75, 3.05) is 81.3 Å². The summed E-state index contributed by atoms with van der Waals surface area (Å²) >= 11 is 13.7. The molecule has 2 unspecified atom stereocenters. The number of hydrogen-bond acceptors (Lipinski definition) is 9. The molecule has 8 amide bonds. The molecular weight excluding hydrogens is 845 g/mol. The van der Waals surface area contributed by atoms with Gasteiger partial charge in [0.15, 0.2) is 0 Å². The Morgan fingerprint density at radius 3 is 2.15 bits per heavy atom. The van der Waals surface area contributed by atoms with E-state index in [4.69, 9.17) is 41.8 Å². The average molecular weight is 905 g/mol. The number of aryl methyl sites for hydroxylation is 1. The highest BCUT2D eigenvalue weighted by Crippen LogP contribution is 2.33. The van der Waals surface area contributed by atoms with Crippen LogP contribution in [0.3, 0.4) is 0 Å². The van der Waals surface area contributed by atoms with Crippen LogP contribution >= 0.6 is 35.0 Å². The summed E-state index contributed by atoms with van der Waals surface area (Å²) in [5, 5.41) is 11.6. The second-order valence-corrected chi connectivity index (χ2v) is 16.8. The Labute approximate surface area is 373 Å². The standard InChI is InChI=1S/C42H59Cl2N9O7S/c1-4-20-51(26-35(45)54)38(57)27-52(21-5-2)39(58)28-53(22-6-3)41(59)32(47-37(56)12-8-7-11-34-40-33(29-61-34)48-42(60)49-40)25-46-36(55)13-9-10-30-14-16-31(17-15-30)50(23-18-43)24-19-44/h1,3,14-17,32-34,40H,5,7-13,18-29H2,2H3,(H2,45,54)(H,46,55)(H,47,56)(H2,48,49,60)/t32?,33-,34-,40?/m0/s1. The van der Waals surface area contributed by atoms with Crippen LogP contribution in [-0.4, -0.2) is 156 Å². The number of alkyl halides is 2. The maximum atomic E-state index is 14.1. The molecule has 2 saturated heterocycles. The molecule has 0 aliphatic carbocycles. The lowest BCUT2D eigenvalue weighted by molar-refractivity contribution is -0.145. The van der Waals surface area contributed by atoms with Crippen molar-refractivity contribution >= 4 is 82.1 Å². The van der Waals surface area contributed by atoms with Gasteiger partial charge in [0, 0.05) is 67.5 Å². The average Bonchev–Trinajstić information content (AvgIpc) is 3.79. The van der Waals surface area contributed by atoms with Crippen LogP contribution in [0.1, 0.15) is 57.4 Å². The van der Waals surface area contributed by atoms with Crippen LogP contribution in [0.15, 0.2) is 24.3 Å². The summed E-state index contributed by atoms with van der Waals surface area (Å²) in [7, 11) is 0. The summed E-state index contributed by atoms with van der Waals surface area (Å²) in [6.45, 7) is 1.14. The molecule has 6 N–H and O–H groups in total. The molecule has 0 radical (unpaired) electrons. The molecule has 16 nitrogen and oxygen atoms in total. The zero-order valence-electron chi connectivity index (χ0n) is 34.8. The van der Waals surface area contributed by atoms with E-state index in [1.807, 2.05) is 24.3 Å². The highest BCUT2D eigenvalue weighted by Gasteiger charge is 2.42. The number of primary amides is 1. The van der Waals surface area contributed by atoms with Crippen LogP contribution < -0.4 is 31.9 Å². The Morgan fingerprint density at radius 1 is 0.869 bits per heavy atom. The van der Waals surface area contributed by atoms with Crippen molar-refractivity contribution in [1.82, 2.24) is 36.0 Å². The number of nitrogens with two attached hydrogens (primary N) is 1. The number of nitrogens with one attached hydrogen (secondary N) is 4. The first kappa shape index (κ1) is 50.5. The molecule has 0 spiro atoms. The largest absolute Gasteiger partial charge is 0.369 e. The van der Waals surface area contributed by atoms with Gasteiger partial charge in [0.25, 0.3) is 0 Å². The third-order valence-electron chi connectivity index (χ3n) is 10.2. The number of urea groups is 1. The van der Waals surface area contributed by atoms with Gasteiger partial charge in [-0.25, -0.2) is 4.79 Å². The first-order valence-corrected chi connectivity index (χ1v) is 22.7. The highest BCUT2D eigenvalue weighted by molar-refractivity contribution is 8.00. The minimum atomic E-state index is -1.26. The maximum absolute atomic E-state index is 14.1. The Morgan fingerprint density at radius 2 is 1.51 bits per heavy atom. The number of carbonyl (C=O) groups excluding carboxylic acids is 7. The number of amides is 8. The lowest BCUT2D eigenvalue weighted by atomic mass is 10.0. The van der Waals surface area contributed by atoms with E-state index in [9.17, 15) is 33.6 Å². The van der Waals surface area contributed by atoms with E-state index in [1.165, 1.54) is 4.90 Å². The number of halogens is 2. The second-order valence-electron chi connectivity index (χ2n) is 14.8. The minimum Gasteiger partial charge on any atom is -0.369 e. The van der Waals surface area contributed by atoms with Gasteiger partial charge in [-0.15, -0.1) is 36.0 Å². The minimum absolute atomic E-state index is 0.0455. The van der Waals surface area contributed by atoms with E-state index < -0.39 is 55.2 Å². The van der Waals surface area contributed by atoms with Crippen molar-refractivity contribution in [2.45, 2.75) is 81.7 Å². The van der Waals surface area contributed by atoms with Crippen LogP contribution in [0.25, 0.3) is 0 Å². The topological polar surface area (TPSA) is 207 Å². The van der Waals surface area contributed by atoms with Crippen molar-refractivity contribution in [2.24, 2.45) is 5.73 Å². The molecule has 3 rings (SSSR count). The summed E-state index contributed by atoms with van der Waals surface area (Å²) in [5.41, 5.74) is 7.32. The van der Waals surface area contributed by atoms with Gasteiger partial charge in [0.2, 0.25) is 35.4 Å². The molecule has 2 aliphatic heterocycles. The van der Waals surface area contributed by atoms with E-state index in [2.05, 4.69) is 38.0 Å². The molecular formula is C42H59Cl2N9O7S. The predicted molar refractivity (Wildman–Crippen MR) is 239 cm³/mol. The number of fused-ring (bicyclic) bond motifs is 1. The fourth-order valence-electron chi connectivity index (χ4n) is 7.11. The molecule has 1 aromatic rings. The molecule has 0 bridgehead atoms. The first-order chi connectivity index (χ1) is 29.3. The van der Waals surface area contributed by atoms with Crippen LogP contribution in [-0.2, 0) is 35.2 Å². The number of hydrogen-bond donors (Lipinski definition) is 5. The first-order valence-electron chi connectivity index (χ1n) is 20.5. The molecule has 4 atom stereocenters. The zero-order chi connectivity index (χ0) is 44.7. The fourth-order valence-corrected chi connectivity index (χ4v) is 9.06. The smallest absolute Gasteiger partial charge is 0.315 e. The molecule has 19 heteroatoms. The van der Waals surface area contributed by atoms with Crippen LogP contribution in [0.5, 0.6) is 0 Å². The zero-order valence-corrected chi connectivity index (χ0v) is 37.1. The van der Waals surface area contributed by atoms with Gasteiger partial charge in [-0.05, 0) is 49.8 Å². The summed E-state index contributed by atoms with van der Waals surface area (Å²) in [5.74, 6) is 3.02. The van der Waals surface area contributed by atoms with E-state index in [-0.39, 0.29) is 68.3 Å². The third kappa shape index (κ3) is 17.2. The Kier molecular flexibility index (Phi) is 22.5. The quantitative estimate of drug-likeness (QED) is 0.0355. The van der Waals surface area contributed by atoms with Crippen molar-refractivity contribution in [3.63, 3.8) is 0 Å². The van der Waals surface area contributed by atoms with Crippen LogP contribution in [0.2, 0.25) is 0 Å². The van der Waals surface area contributed by atoms with E-state index in [0.29, 0.717) is 57.0 Å². The molecule has 334 valence electrons. The molecule has 2 fully saturated rings.